The predicted molar refractivity (Wildman–Crippen MR) is 167 cm³/mol. The minimum atomic E-state index is -4.49. The van der Waals surface area contributed by atoms with Gasteiger partial charge in [0.1, 0.15) is 5.65 Å². The van der Waals surface area contributed by atoms with Crippen LogP contribution in [0.25, 0.3) is 33.4 Å². The van der Waals surface area contributed by atoms with E-state index in [1.807, 2.05) is 0 Å². The van der Waals surface area contributed by atoms with Crippen molar-refractivity contribution in [3.8, 4) is 28.5 Å². The molecule has 12 heteroatoms. The summed E-state index contributed by atoms with van der Waals surface area (Å²) in [4.78, 5) is 26.4. The van der Waals surface area contributed by atoms with Crippen LogP contribution in [0, 0.1) is 11.3 Å². The zero-order valence-electron chi connectivity index (χ0n) is 26.1. The van der Waals surface area contributed by atoms with E-state index in [9.17, 15) is 28.3 Å². The third-order valence-corrected chi connectivity index (χ3v) is 10.3. The first-order valence-corrected chi connectivity index (χ1v) is 15.6. The minimum absolute atomic E-state index is 0.0153. The number of amides is 1. The molecule has 240 valence electrons. The number of nitrogens with one attached hydrogen (secondary N) is 1. The molecule has 0 atom stereocenters. The number of aliphatic hydroxyl groups is 1. The number of anilines is 1. The maximum absolute atomic E-state index is 14.2. The maximum atomic E-state index is 14.2. The first kappa shape index (κ1) is 30.4. The number of carbonyl (C=O) groups is 1. The number of aromatic nitrogens is 4. The summed E-state index contributed by atoms with van der Waals surface area (Å²) in [5, 5.41) is 25.1. The van der Waals surface area contributed by atoms with Crippen LogP contribution in [0.4, 0.5) is 18.9 Å². The molecule has 3 aromatic heterocycles. The number of likely N-dealkylation sites (N-methyl/N-ethyl adjacent to an activating group) is 1. The fourth-order valence-electron chi connectivity index (χ4n) is 7.89. The van der Waals surface area contributed by atoms with E-state index in [-0.39, 0.29) is 18.0 Å². The second-order valence-electron chi connectivity index (χ2n) is 13.8. The molecule has 1 saturated carbocycles. The number of nitrogens with zero attached hydrogens (tertiary/aromatic N) is 6. The Hall–Kier alpha value is -4.21. The van der Waals surface area contributed by atoms with Crippen LogP contribution in [0.2, 0.25) is 0 Å². The third kappa shape index (κ3) is 4.71. The highest BCUT2D eigenvalue weighted by atomic mass is 19.4. The number of fused-ring (bicyclic) bond motifs is 4. The van der Waals surface area contributed by atoms with Gasteiger partial charge >= 0.3 is 6.18 Å². The summed E-state index contributed by atoms with van der Waals surface area (Å²) < 4.78 is 42.4. The lowest BCUT2D eigenvalue weighted by Crippen LogP contribution is -2.59. The van der Waals surface area contributed by atoms with Gasteiger partial charge in [0.25, 0.3) is 0 Å². The van der Waals surface area contributed by atoms with E-state index in [2.05, 4.69) is 21.1 Å². The molecule has 2 fully saturated rings. The van der Waals surface area contributed by atoms with Crippen LogP contribution in [0.1, 0.15) is 63.5 Å². The molecule has 4 aromatic rings. The van der Waals surface area contributed by atoms with Gasteiger partial charge in [-0.1, -0.05) is 12.1 Å². The van der Waals surface area contributed by atoms with Crippen LogP contribution in [0.15, 0.2) is 42.9 Å². The van der Waals surface area contributed by atoms with Gasteiger partial charge in [-0.15, -0.1) is 0 Å². The zero-order valence-corrected chi connectivity index (χ0v) is 26.1. The van der Waals surface area contributed by atoms with E-state index in [1.54, 1.807) is 49.1 Å². The van der Waals surface area contributed by atoms with Gasteiger partial charge in [-0.3, -0.25) is 14.4 Å². The lowest BCUT2D eigenvalue weighted by atomic mass is 9.68. The van der Waals surface area contributed by atoms with E-state index in [1.165, 1.54) is 12.1 Å². The van der Waals surface area contributed by atoms with Gasteiger partial charge in [0.05, 0.1) is 59.4 Å². The average Bonchev–Trinajstić information content (AvgIpc) is 3.65. The Morgan fingerprint density at radius 3 is 2.35 bits per heavy atom. The quantitative estimate of drug-likeness (QED) is 0.269. The third-order valence-electron chi connectivity index (χ3n) is 10.3. The second kappa shape index (κ2) is 10.4. The van der Waals surface area contributed by atoms with Gasteiger partial charge in [0, 0.05) is 53.9 Å². The number of likely N-dealkylation sites (tertiary alicyclic amines) is 1. The van der Waals surface area contributed by atoms with Crippen molar-refractivity contribution in [3.05, 3.63) is 54.0 Å². The summed E-state index contributed by atoms with van der Waals surface area (Å²) in [6.45, 7) is 4.94. The van der Waals surface area contributed by atoms with Crippen molar-refractivity contribution in [2.75, 3.05) is 25.0 Å². The lowest BCUT2D eigenvalue weighted by molar-refractivity contribution is -0.137. The summed E-state index contributed by atoms with van der Waals surface area (Å²) >= 11 is 0. The molecule has 2 N–H and O–H groups in total. The molecular weight excluding hydrogens is 595 g/mol. The number of rotatable bonds is 6. The minimum Gasteiger partial charge on any atom is -0.389 e. The average molecular weight is 632 g/mol. The normalized spacial score (nSPS) is 19.4. The predicted octanol–water partition coefficient (Wildman–Crippen LogP) is 6.03. The molecule has 1 spiro atoms. The molecule has 1 amide bonds. The smallest absolute Gasteiger partial charge is 0.389 e. The fraction of sp³-hybridized carbons (Fsp3) is 0.471. The number of nitriles is 1. The van der Waals surface area contributed by atoms with E-state index in [0.717, 1.165) is 37.0 Å². The topological polar surface area (TPSA) is 114 Å². The van der Waals surface area contributed by atoms with Crippen LogP contribution in [0.5, 0.6) is 0 Å². The molecular formula is C34H36F3N7O2. The van der Waals surface area contributed by atoms with Gasteiger partial charge < -0.3 is 15.0 Å². The van der Waals surface area contributed by atoms with E-state index in [0.29, 0.717) is 71.5 Å². The highest BCUT2D eigenvalue weighted by molar-refractivity contribution is 6.16. The number of hydrogen-bond acceptors (Lipinski definition) is 6. The summed E-state index contributed by atoms with van der Waals surface area (Å²) in [5.74, 6) is -0.0153. The van der Waals surface area contributed by atoms with Crippen molar-refractivity contribution < 1.29 is 23.1 Å². The van der Waals surface area contributed by atoms with Crippen molar-refractivity contribution in [2.45, 2.75) is 81.6 Å². The van der Waals surface area contributed by atoms with Crippen LogP contribution >= 0.6 is 0 Å². The highest BCUT2D eigenvalue weighted by Gasteiger charge is 2.55. The molecule has 1 aromatic carbocycles. The molecule has 2 aliphatic heterocycles. The monoisotopic (exact) mass is 631 g/mol. The van der Waals surface area contributed by atoms with Gasteiger partial charge in [-0.25, -0.2) is 4.98 Å². The number of piperidine rings is 1. The van der Waals surface area contributed by atoms with E-state index >= 15 is 0 Å². The molecule has 0 unspecified atom stereocenters. The van der Waals surface area contributed by atoms with Crippen molar-refractivity contribution in [1.82, 2.24) is 24.6 Å². The summed E-state index contributed by atoms with van der Waals surface area (Å²) in [6.07, 6.45) is 5.30. The van der Waals surface area contributed by atoms with Crippen LogP contribution < -0.4 is 4.90 Å². The molecule has 1 saturated heterocycles. The van der Waals surface area contributed by atoms with E-state index in [4.69, 9.17) is 4.98 Å². The molecule has 9 nitrogen and oxygen atoms in total. The summed E-state index contributed by atoms with van der Waals surface area (Å²) in [6, 6.07) is 7.46. The zero-order chi connectivity index (χ0) is 32.6. The van der Waals surface area contributed by atoms with Crippen LogP contribution in [0.3, 0.4) is 0 Å². The number of aromatic amines is 1. The number of alkyl halides is 3. The molecule has 0 bridgehead atoms. The van der Waals surface area contributed by atoms with Gasteiger partial charge in [0.15, 0.2) is 0 Å². The van der Waals surface area contributed by atoms with E-state index < -0.39 is 22.8 Å². The largest absolute Gasteiger partial charge is 0.416 e. The molecule has 3 aliphatic rings. The number of halogens is 3. The van der Waals surface area contributed by atoms with Crippen molar-refractivity contribution in [1.29, 1.82) is 5.26 Å². The fourth-order valence-corrected chi connectivity index (χ4v) is 7.89. The summed E-state index contributed by atoms with van der Waals surface area (Å²) in [5.41, 5.74) is 1.83. The summed E-state index contributed by atoms with van der Waals surface area (Å²) in [7, 11) is 1.75. The standard InChI is InChI=1S/C34H36F3N7O2/c1-31(2,46)20-44-19-22(17-40-44)28-25(21-5-7-23(8-6-21)34(35,36)37)26-27-24(18-39-29(26)41-28)42(3)30(45)33(27)12-15-43(16-13-33)32(11-14-38)9-4-10-32/h5-8,17-19,46H,4,9-13,15-16,20H2,1-3H3,(H,39,41). The molecule has 7 rings (SSSR count). The van der Waals surface area contributed by atoms with Gasteiger partial charge in [-0.05, 0) is 63.6 Å². The Balaban J connectivity index is 1.41. The van der Waals surface area contributed by atoms with Crippen LogP contribution in [-0.4, -0.2) is 66.9 Å². The van der Waals surface area contributed by atoms with Crippen LogP contribution in [-0.2, 0) is 22.9 Å². The number of benzene rings is 1. The molecule has 0 radical (unpaired) electrons. The van der Waals surface area contributed by atoms with Crippen molar-refractivity contribution >= 4 is 22.6 Å². The number of hydrogen-bond donors (Lipinski definition) is 2. The first-order valence-electron chi connectivity index (χ1n) is 15.6. The number of H-pyrrole nitrogens is 1. The van der Waals surface area contributed by atoms with Gasteiger partial charge in [-0.2, -0.15) is 23.5 Å². The molecule has 5 heterocycles. The number of carbonyl (C=O) groups excluding carboxylic acids is 1. The Morgan fingerprint density at radius 1 is 1.07 bits per heavy atom. The molecule has 1 aliphatic carbocycles. The maximum Gasteiger partial charge on any atom is 0.416 e. The Bertz CT molecular complexity index is 1870. The Labute approximate surface area is 264 Å². The Kier molecular flexibility index (Phi) is 6.89. The highest BCUT2D eigenvalue weighted by Crippen LogP contribution is 2.55. The molecule has 46 heavy (non-hydrogen) atoms. The second-order valence-corrected chi connectivity index (χ2v) is 13.8. The first-order chi connectivity index (χ1) is 21.8. The van der Waals surface area contributed by atoms with Crippen molar-refractivity contribution in [3.63, 3.8) is 0 Å². The Morgan fingerprint density at radius 2 is 1.76 bits per heavy atom. The number of pyridine rings is 1. The SMILES string of the molecule is CN1C(=O)C2(CCN(C3(CC#N)CCC3)CC2)c2c1cnc1[nH]c(-c3cnn(CC(C)(C)O)c3)c(-c3ccc(C(F)(F)F)cc3)c21. The van der Waals surface area contributed by atoms with Gasteiger partial charge in [0.2, 0.25) is 5.91 Å². The lowest BCUT2D eigenvalue weighted by Gasteiger charge is -2.53. The van der Waals surface area contributed by atoms with Crippen molar-refractivity contribution in [2.24, 2.45) is 0 Å².